The summed E-state index contributed by atoms with van der Waals surface area (Å²) in [5.74, 6) is -1.82. The topological polar surface area (TPSA) is 104 Å². The molecule has 0 bridgehead atoms. The van der Waals surface area contributed by atoms with Gasteiger partial charge in [-0.2, -0.15) is 0 Å². The van der Waals surface area contributed by atoms with Gasteiger partial charge >= 0.3 is 5.97 Å². The van der Waals surface area contributed by atoms with Gasteiger partial charge < -0.3 is 10.4 Å². The van der Waals surface area contributed by atoms with Crippen molar-refractivity contribution in [1.82, 2.24) is 9.62 Å². The molecule has 8 heteroatoms. The number of nitrogens with zero attached hydrogens (tertiary/aromatic N) is 1. The zero-order valence-corrected chi connectivity index (χ0v) is 16.0. The van der Waals surface area contributed by atoms with E-state index in [1.807, 2.05) is 18.2 Å². The molecule has 0 aromatic heterocycles. The number of carboxylic acid groups (broad SMARTS) is 1. The summed E-state index contributed by atoms with van der Waals surface area (Å²) in [5, 5.41) is 12.0. The summed E-state index contributed by atoms with van der Waals surface area (Å²) in [7, 11) is -3.47. The molecular weight excluding hydrogens is 368 g/mol. The highest BCUT2D eigenvalue weighted by Gasteiger charge is 2.35. The van der Waals surface area contributed by atoms with Crippen LogP contribution in [0.4, 0.5) is 0 Å². The number of hydrogen-bond acceptors (Lipinski definition) is 4. The van der Waals surface area contributed by atoms with Crippen LogP contribution in [0.15, 0.2) is 30.3 Å². The number of rotatable bonds is 6. The van der Waals surface area contributed by atoms with Crippen molar-refractivity contribution >= 4 is 21.9 Å². The number of sulfonamides is 1. The van der Waals surface area contributed by atoms with Crippen molar-refractivity contribution in [3.8, 4) is 0 Å². The van der Waals surface area contributed by atoms with E-state index in [9.17, 15) is 18.0 Å². The molecule has 2 fully saturated rings. The Morgan fingerprint density at radius 1 is 1.11 bits per heavy atom. The number of carbonyl (C=O) groups excluding carboxylic acids is 1. The Hall–Kier alpha value is -1.93. The van der Waals surface area contributed by atoms with E-state index in [1.54, 1.807) is 12.1 Å². The van der Waals surface area contributed by atoms with E-state index in [4.69, 9.17) is 5.11 Å². The average molecular weight is 394 g/mol. The molecular formula is C19H26N2O5S. The van der Waals surface area contributed by atoms with Gasteiger partial charge in [-0.25, -0.2) is 12.7 Å². The van der Waals surface area contributed by atoms with E-state index in [0.717, 1.165) is 5.56 Å². The Kier molecular flexibility index (Phi) is 6.16. The lowest BCUT2D eigenvalue weighted by Gasteiger charge is -2.32. The fourth-order valence-electron chi connectivity index (χ4n) is 3.94. The highest BCUT2D eigenvalue weighted by molar-refractivity contribution is 7.88. The first-order valence-electron chi connectivity index (χ1n) is 9.40. The molecule has 1 heterocycles. The maximum Gasteiger partial charge on any atom is 0.306 e. The lowest BCUT2D eigenvalue weighted by molar-refractivity contribution is -0.141. The molecule has 2 aliphatic rings. The maximum absolute atomic E-state index is 12.7. The largest absolute Gasteiger partial charge is 0.481 e. The molecule has 7 nitrogen and oxygen atoms in total. The number of nitrogens with one attached hydrogen (secondary N) is 1. The quantitative estimate of drug-likeness (QED) is 0.763. The summed E-state index contributed by atoms with van der Waals surface area (Å²) >= 11 is 0. The molecule has 1 aliphatic carbocycles. The predicted molar refractivity (Wildman–Crippen MR) is 100 cm³/mol. The molecule has 1 aromatic rings. The summed E-state index contributed by atoms with van der Waals surface area (Å²) in [5.41, 5.74) is 0.731. The third-order valence-electron chi connectivity index (χ3n) is 5.47. The number of benzene rings is 1. The summed E-state index contributed by atoms with van der Waals surface area (Å²) in [4.78, 5) is 23.6. The zero-order chi connectivity index (χ0) is 19.4. The zero-order valence-electron chi connectivity index (χ0n) is 15.2. The number of amides is 1. The molecule has 1 aromatic carbocycles. The van der Waals surface area contributed by atoms with Crippen molar-refractivity contribution in [2.24, 2.45) is 11.8 Å². The number of hydrogen-bond donors (Lipinski definition) is 2. The lowest BCUT2D eigenvalue weighted by atomic mass is 9.98. The molecule has 3 rings (SSSR count). The van der Waals surface area contributed by atoms with E-state index in [0.29, 0.717) is 38.6 Å². The monoisotopic (exact) mass is 394 g/mol. The van der Waals surface area contributed by atoms with Gasteiger partial charge in [0.1, 0.15) is 0 Å². The van der Waals surface area contributed by atoms with Gasteiger partial charge in [0.05, 0.1) is 17.6 Å². The van der Waals surface area contributed by atoms with Crippen LogP contribution in [0.2, 0.25) is 0 Å². The van der Waals surface area contributed by atoms with E-state index in [-0.39, 0.29) is 30.2 Å². The van der Waals surface area contributed by atoms with E-state index < -0.39 is 21.9 Å². The van der Waals surface area contributed by atoms with Crippen LogP contribution in [0, 0.1) is 11.8 Å². The molecule has 1 saturated carbocycles. The third kappa shape index (κ3) is 5.07. The first-order chi connectivity index (χ1) is 12.8. The summed E-state index contributed by atoms with van der Waals surface area (Å²) < 4.78 is 26.8. The molecule has 27 heavy (non-hydrogen) atoms. The SMILES string of the molecule is O=C(N[C@@H]1CC[C@H](C(=O)O)C1)C1CCCN(S(=O)(=O)Cc2ccccc2)C1. The molecule has 3 atom stereocenters. The Balaban J connectivity index is 1.57. The van der Waals surface area contributed by atoms with E-state index in [2.05, 4.69) is 5.32 Å². The molecule has 1 aliphatic heterocycles. The van der Waals surface area contributed by atoms with E-state index >= 15 is 0 Å². The van der Waals surface area contributed by atoms with Crippen LogP contribution in [0.1, 0.15) is 37.7 Å². The Morgan fingerprint density at radius 3 is 2.52 bits per heavy atom. The van der Waals surface area contributed by atoms with Crippen molar-refractivity contribution in [2.75, 3.05) is 13.1 Å². The fraction of sp³-hybridized carbons (Fsp3) is 0.579. The van der Waals surface area contributed by atoms with E-state index in [1.165, 1.54) is 4.31 Å². The van der Waals surface area contributed by atoms with Gasteiger partial charge in [0, 0.05) is 19.1 Å². The maximum atomic E-state index is 12.7. The van der Waals surface area contributed by atoms with Crippen LogP contribution in [0.25, 0.3) is 0 Å². The lowest BCUT2D eigenvalue weighted by Crippen LogP contribution is -2.47. The van der Waals surface area contributed by atoms with Gasteiger partial charge in [0.2, 0.25) is 15.9 Å². The van der Waals surface area contributed by atoms with Crippen molar-refractivity contribution in [1.29, 1.82) is 0 Å². The van der Waals surface area contributed by atoms with Gasteiger partial charge in [-0.05, 0) is 37.7 Å². The van der Waals surface area contributed by atoms with Crippen LogP contribution < -0.4 is 5.32 Å². The first kappa shape index (κ1) is 19.8. The number of piperidine rings is 1. The highest BCUT2D eigenvalue weighted by Crippen LogP contribution is 2.27. The third-order valence-corrected chi connectivity index (χ3v) is 7.29. The molecule has 1 unspecified atom stereocenters. The molecule has 0 radical (unpaired) electrons. The van der Waals surface area contributed by atoms with Crippen LogP contribution in [0.5, 0.6) is 0 Å². The molecule has 2 N–H and O–H groups in total. The number of carboxylic acids is 1. The van der Waals surface area contributed by atoms with Gasteiger partial charge in [-0.15, -0.1) is 0 Å². The van der Waals surface area contributed by atoms with Crippen LogP contribution in [-0.2, 0) is 25.4 Å². The number of aliphatic carboxylic acids is 1. The highest BCUT2D eigenvalue weighted by atomic mass is 32.2. The second-order valence-corrected chi connectivity index (χ2v) is 9.46. The normalized spacial score (nSPS) is 26.6. The molecule has 0 spiro atoms. The Morgan fingerprint density at radius 2 is 1.85 bits per heavy atom. The minimum Gasteiger partial charge on any atom is -0.481 e. The van der Waals surface area contributed by atoms with Crippen molar-refractivity contribution in [2.45, 2.75) is 43.9 Å². The summed E-state index contributed by atoms with van der Waals surface area (Å²) in [6, 6.07) is 8.90. The standard InChI is InChI=1S/C19H26N2O5S/c22-18(20-17-9-8-15(11-17)19(23)24)16-7-4-10-21(12-16)27(25,26)13-14-5-2-1-3-6-14/h1-3,5-6,15-17H,4,7-13H2,(H,20,22)(H,23,24)/t15-,16?,17+/m0/s1. The van der Waals surface area contributed by atoms with Crippen molar-refractivity contribution in [3.05, 3.63) is 35.9 Å². The first-order valence-corrected chi connectivity index (χ1v) is 11.0. The van der Waals surface area contributed by atoms with Crippen molar-refractivity contribution < 1.29 is 23.1 Å². The molecule has 1 amide bonds. The average Bonchev–Trinajstić information content (AvgIpc) is 3.11. The minimum absolute atomic E-state index is 0.0644. The Labute approximate surface area is 159 Å². The van der Waals surface area contributed by atoms with Gasteiger partial charge in [0.25, 0.3) is 0 Å². The predicted octanol–water partition coefficient (Wildman–Crippen LogP) is 1.60. The van der Waals surface area contributed by atoms with Crippen molar-refractivity contribution in [3.63, 3.8) is 0 Å². The summed E-state index contributed by atoms with van der Waals surface area (Å²) in [6.45, 7) is 0.625. The Bertz CT molecular complexity index is 781. The van der Waals surface area contributed by atoms with Crippen LogP contribution in [-0.4, -0.2) is 48.8 Å². The second kappa shape index (κ2) is 8.39. The smallest absolute Gasteiger partial charge is 0.306 e. The van der Waals surface area contributed by atoms with Gasteiger partial charge in [0.15, 0.2) is 0 Å². The van der Waals surface area contributed by atoms with Gasteiger partial charge in [-0.3, -0.25) is 9.59 Å². The molecule has 148 valence electrons. The van der Waals surface area contributed by atoms with Gasteiger partial charge in [-0.1, -0.05) is 30.3 Å². The number of carbonyl (C=O) groups is 2. The summed E-state index contributed by atoms with van der Waals surface area (Å²) in [6.07, 6.45) is 2.98. The minimum atomic E-state index is -3.47. The van der Waals surface area contributed by atoms with Crippen LogP contribution >= 0.6 is 0 Å². The molecule has 1 saturated heterocycles. The second-order valence-electron chi connectivity index (χ2n) is 7.49. The fourth-order valence-corrected chi connectivity index (χ4v) is 5.55. The van der Waals surface area contributed by atoms with Crippen LogP contribution in [0.3, 0.4) is 0 Å².